The van der Waals surface area contributed by atoms with Crippen molar-refractivity contribution in [3.05, 3.63) is 60.2 Å². The molecule has 4 atom stereocenters. The highest BCUT2D eigenvalue weighted by molar-refractivity contribution is 8.00. The number of ketones is 1. The maximum Gasteiger partial charge on any atom is 0.316 e. The summed E-state index contributed by atoms with van der Waals surface area (Å²) in [5, 5.41) is 23.1. The van der Waals surface area contributed by atoms with E-state index in [2.05, 4.69) is 24.3 Å². The van der Waals surface area contributed by atoms with Gasteiger partial charge in [-0.2, -0.15) is 23.5 Å². The van der Waals surface area contributed by atoms with Gasteiger partial charge in [-0.3, -0.25) is 9.59 Å². The van der Waals surface area contributed by atoms with Crippen LogP contribution in [-0.2, 0) is 20.7 Å². The van der Waals surface area contributed by atoms with Gasteiger partial charge >= 0.3 is 5.97 Å². The van der Waals surface area contributed by atoms with Crippen LogP contribution in [0.1, 0.15) is 38.7 Å². The first-order chi connectivity index (χ1) is 16.8. The molecule has 1 aliphatic rings. The SMILES string of the molecule is CC(C)OC(=O)CSCCCS[C@@H]1CC(O)C(=O)[C@@H]1C=C[C@@H](O)CCc1cccc2ccccc12. The molecule has 0 saturated heterocycles. The maximum absolute atomic E-state index is 12.5. The van der Waals surface area contributed by atoms with Crippen molar-refractivity contribution in [3.63, 3.8) is 0 Å². The van der Waals surface area contributed by atoms with Gasteiger partial charge in [0.25, 0.3) is 0 Å². The molecule has 0 radical (unpaired) electrons. The molecule has 0 aliphatic heterocycles. The van der Waals surface area contributed by atoms with Gasteiger partial charge in [0.05, 0.1) is 23.9 Å². The number of fused-ring (bicyclic) bond motifs is 1. The standard InChI is InChI=1S/C28H36O5S2/c1-19(2)33-27(31)18-34-15-6-16-35-26-17-25(30)28(32)24(26)14-13-22(29)12-11-21-9-5-8-20-7-3-4-10-23(20)21/h3-5,7-10,13-14,19,22,24-26,29-30H,6,11-12,15-18H2,1-2H3/t22-,24+,25?,26+/m0/s1. The highest BCUT2D eigenvalue weighted by atomic mass is 32.2. The van der Waals surface area contributed by atoms with Crippen molar-refractivity contribution in [2.24, 2.45) is 5.92 Å². The molecule has 2 aromatic rings. The van der Waals surface area contributed by atoms with Gasteiger partial charge in [0.15, 0.2) is 5.78 Å². The van der Waals surface area contributed by atoms with Crippen molar-refractivity contribution in [3.8, 4) is 0 Å². The fourth-order valence-electron chi connectivity index (χ4n) is 4.28. The number of thioether (sulfide) groups is 2. The van der Waals surface area contributed by atoms with Gasteiger partial charge in [-0.05, 0) is 67.4 Å². The minimum atomic E-state index is -0.935. The zero-order chi connectivity index (χ0) is 25.2. The Morgan fingerprint density at radius 2 is 1.94 bits per heavy atom. The third kappa shape index (κ3) is 8.67. The molecule has 7 heteroatoms. The quantitative estimate of drug-likeness (QED) is 0.224. The maximum atomic E-state index is 12.5. The molecule has 2 aromatic carbocycles. The Kier molecular flexibility index (Phi) is 11.2. The Labute approximate surface area is 216 Å². The highest BCUT2D eigenvalue weighted by Gasteiger charge is 2.39. The van der Waals surface area contributed by atoms with Crippen LogP contribution in [0.2, 0.25) is 0 Å². The number of carbonyl (C=O) groups is 2. The van der Waals surface area contributed by atoms with E-state index in [1.807, 2.05) is 32.0 Å². The average molecular weight is 517 g/mol. The van der Waals surface area contributed by atoms with E-state index in [1.54, 1.807) is 35.7 Å². The van der Waals surface area contributed by atoms with E-state index in [-0.39, 0.29) is 29.0 Å². The number of hydrogen-bond acceptors (Lipinski definition) is 7. The van der Waals surface area contributed by atoms with Crippen LogP contribution in [0.15, 0.2) is 54.6 Å². The van der Waals surface area contributed by atoms with Crippen molar-refractivity contribution < 1.29 is 24.5 Å². The summed E-state index contributed by atoms with van der Waals surface area (Å²) in [6.07, 6.45) is 4.51. The largest absolute Gasteiger partial charge is 0.462 e. The number of aliphatic hydroxyl groups is 2. The second-order valence-corrected chi connectivity index (χ2v) is 11.6. The van der Waals surface area contributed by atoms with Crippen molar-refractivity contribution in [1.29, 1.82) is 0 Å². The third-order valence-corrected chi connectivity index (χ3v) is 8.45. The van der Waals surface area contributed by atoms with E-state index in [0.717, 1.165) is 24.3 Å². The summed E-state index contributed by atoms with van der Waals surface area (Å²) in [5.41, 5.74) is 1.20. The van der Waals surface area contributed by atoms with Crippen molar-refractivity contribution in [2.75, 3.05) is 17.3 Å². The summed E-state index contributed by atoms with van der Waals surface area (Å²) in [7, 11) is 0. The lowest BCUT2D eigenvalue weighted by molar-refractivity contribution is -0.144. The normalized spacial score (nSPS) is 21.3. The van der Waals surface area contributed by atoms with Crippen LogP contribution < -0.4 is 0 Å². The molecule has 0 heterocycles. The predicted molar refractivity (Wildman–Crippen MR) is 146 cm³/mol. The van der Waals surface area contributed by atoms with Gasteiger partial charge in [-0.15, -0.1) is 0 Å². The fraction of sp³-hybridized carbons (Fsp3) is 0.500. The first-order valence-corrected chi connectivity index (χ1v) is 14.5. The molecule has 0 bridgehead atoms. The van der Waals surface area contributed by atoms with Gasteiger partial charge in [0.1, 0.15) is 6.10 Å². The third-order valence-electron chi connectivity index (χ3n) is 6.00. The lowest BCUT2D eigenvalue weighted by Gasteiger charge is -2.15. The number of aliphatic hydroxyl groups excluding tert-OH is 2. The van der Waals surface area contributed by atoms with E-state index in [1.165, 1.54) is 16.3 Å². The number of rotatable bonds is 13. The van der Waals surface area contributed by atoms with Gasteiger partial charge in [0, 0.05) is 5.25 Å². The summed E-state index contributed by atoms with van der Waals surface area (Å²) in [6.45, 7) is 3.68. The lowest BCUT2D eigenvalue weighted by Crippen LogP contribution is -2.19. The molecule has 0 aromatic heterocycles. The van der Waals surface area contributed by atoms with Gasteiger partial charge in [-0.25, -0.2) is 0 Å². The minimum Gasteiger partial charge on any atom is -0.462 e. The van der Waals surface area contributed by atoms with Gasteiger partial charge in [0.2, 0.25) is 0 Å². The summed E-state index contributed by atoms with van der Waals surface area (Å²) in [5.74, 6) is 1.32. The molecule has 1 fully saturated rings. The van der Waals surface area contributed by atoms with Gasteiger partial charge in [-0.1, -0.05) is 54.6 Å². The molecule has 2 N–H and O–H groups in total. The number of Topliss-reactive ketones (excluding diaryl/α,β-unsaturated/α-hetero) is 1. The smallest absolute Gasteiger partial charge is 0.316 e. The van der Waals surface area contributed by atoms with Crippen LogP contribution in [0.4, 0.5) is 0 Å². The number of esters is 1. The summed E-state index contributed by atoms with van der Waals surface area (Å²) < 4.78 is 5.12. The lowest BCUT2D eigenvalue weighted by atomic mass is 9.98. The monoisotopic (exact) mass is 516 g/mol. The van der Waals surface area contributed by atoms with Gasteiger partial charge < -0.3 is 14.9 Å². The number of hydrogen-bond donors (Lipinski definition) is 2. The van der Waals surface area contributed by atoms with Crippen LogP contribution in [-0.4, -0.2) is 62.8 Å². The first kappa shape index (κ1) is 27.8. The molecule has 190 valence electrons. The molecular formula is C28H36O5S2. The Morgan fingerprint density at radius 1 is 1.17 bits per heavy atom. The zero-order valence-electron chi connectivity index (χ0n) is 20.5. The number of carbonyl (C=O) groups excluding carboxylic acids is 2. The molecule has 0 amide bonds. The molecule has 1 aliphatic carbocycles. The second kappa shape index (κ2) is 14.1. The molecular weight excluding hydrogens is 480 g/mol. The van der Waals surface area contributed by atoms with E-state index >= 15 is 0 Å². The Balaban J connectivity index is 1.44. The van der Waals surface area contributed by atoms with E-state index in [0.29, 0.717) is 18.6 Å². The zero-order valence-corrected chi connectivity index (χ0v) is 22.1. The van der Waals surface area contributed by atoms with Crippen LogP contribution >= 0.6 is 23.5 Å². The number of ether oxygens (including phenoxy) is 1. The molecule has 35 heavy (non-hydrogen) atoms. The fourth-order valence-corrected chi connectivity index (χ4v) is 6.56. The van der Waals surface area contributed by atoms with Crippen LogP contribution in [0.3, 0.4) is 0 Å². The summed E-state index contributed by atoms with van der Waals surface area (Å²) in [4.78, 5) is 24.1. The Morgan fingerprint density at radius 3 is 2.74 bits per heavy atom. The van der Waals surface area contributed by atoms with Crippen LogP contribution in [0.5, 0.6) is 0 Å². The number of allylic oxidation sites excluding steroid dienone is 1. The topological polar surface area (TPSA) is 83.8 Å². The van der Waals surface area contributed by atoms with E-state index < -0.39 is 12.2 Å². The molecule has 5 nitrogen and oxygen atoms in total. The minimum absolute atomic E-state index is 0.00919. The number of aryl methyl sites for hydroxylation is 1. The van der Waals surface area contributed by atoms with Crippen molar-refractivity contribution in [2.45, 2.75) is 63.1 Å². The molecule has 1 saturated carbocycles. The Hall–Kier alpha value is -1.80. The number of benzene rings is 2. The van der Waals surface area contributed by atoms with Crippen LogP contribution in [0, 0.1) is 5.92 Å². The molecule has 0 spiro atoms. The van der Waals surface area contributed by atoms with Crippen molar-refractivity contribution in [1.82, 2.24) is 0 Å². The molecule has 1 unspecified atom stereocenters. The predicted octanol–water partition coefficient (Wildman–Crippen LogP) is 4.82. The van der Waals surface area contributed by atoms with Crippen molar-refractivity contribution >= 4 is 46.0 Å². The summed E-state index contributed by atoms with van der Waals surface area (Å²) >= 11 is 3.24. The summed E-state index contributed by atoms with van der Waals surface area (Å²) in [6, 6.07) is 14.4. The first-order valence-electron chi connectivity index (χ1n) is 12.3. The van der Waals surface area contributed by atoms with E-state index in [9.17, 15) is 19.8 Å². The Bertz CT molecular complexity index is 1000. The van der Waals surface area contributed by atoms with E-state index in [4.69, 9.17) is 4.74 Å². The molecule has 3 rings (SSSR count). The average Bonchev–Trinajstić information content (AvgIpc) is 3.10. The van der Waals surface area contributed by atoms with Crippen LogP contribution in [0.25, 0.3) is 10.8 Å². The second-order valence-electron chi connectivity index (χ2n) is 9.16. The highest BCUT2D eigenvalue weighted by Crippen LogP contribution is 2.34.